The van der Waals surface area contributed by atoms with E-state index in [2.05, 4.69) is 36.4 Å². The summed E-state index contributed by atoms with van der Waals surface area (Å²) in [7, 11) is 0.203. The summed E-state index contributed by atoms with van der Waals surface area (Å²) >= 11 is 0. The number of benzene rings is 3. The van der Waals surface area contributed by atoms with Crippen molar-refractivity contribution in [1.29, 1.82) is 0 Å². The predicted octanol–water partition coefficient (Wildman–Crippen LogP) is 3.92. The van der Waals surface area contributed by atoms with Crippen LogP contribution in [0.4, 0.5) is 0 Å². The molecule has 21 heavy (non-hydrogen) atoms. The van der Waals surface area contributed by atoms with Crippen LogP contribution < -0.4 is 15.9 Å². The summed E-state index contributed by atoms with van der Waals surface area (Å²) in [6, 6.07) is 30.7. The maximum absolute atomic E-state index is 12.4. The second-order valence-electron chi connectivity index (χ2n) is 4.90. The van der Waals surface area contributed by atoms with Crippen molar-refractivity contribution in [2.75, 3.05) is 0 Å². The van der Waals surface area contributed by atoms with E-state index >= 15 is 0 Å². The van der Waals surface area contributed by atoms with Gasteiger partial charge in [-0.05, 0) is 0 Å². The normalized spacial score (nSPS) is 12.2. The van der Waals surface area contributed by atoms with Crippen LogP contribution >= 0.6 is 15.1 Å². The molecule has 0 aliphatic heterocycles. The second kappa shape index (κ2) is 6.31. The molecule has 0 N–H and O–H groups in total. The molecule has 3 heteroatoms. The molecule has 0 bridgehead atoms. The van der Waals surface area contributed by atoms with Gasteiger partial charge in [-0.25, -0.2) is 0 Å². The number of hydrogen-bond donors (Lipinski definition) is 0. The van der Waals surface area contributed by atoms with Crippen LogP contribution in [0.25, 0.3) is 0 Å². The van der Waals surface area contributed by atoms with Crippen LogP contribution in [0.1, 0.15) is 0 Å². The van der Waals surface area contributed by atoms with Crippen LogP contribution in [0.2, 0.25) is 0 Å². The molecule has 0 aromatic heterocycles. The molecule has 0 saturated heterocycles. The van der Waals surface area contributed by atoms with E-state index in [0.29, 0.717) is 0 Å². The zero-order chi connectivity index (χ0) is 14.5. The molecule has 0 aliphatic rings. The average molecular weight is 310 g/mol. The van der Waals surface area contributed by atoms with E-state index in [0.717, 1.165) is 0 Å². The van der Waals surface area contributed by atoms with Gasteiger partial charge in [-0.2, -0.15) is 0 Å². The van der Waals surface area contributed by atoms with Gasteiger partial charge < -0.3 is 0 Å². The van der Waals surface area contributed by atoms with Gasteiger partial charge >= 0.3 is 127 Å². The molecule has 0 spiro atoms. The van der Waals surface area contributed by atoms with Crippen LogP contribution in [0.15, 0.2) is 91.0 Å². The SMILES string of the molecule is O=P[PH](c1ccccc1)(c1ccccc1)c1ccccc1. The Kier molecular flexibility index (Phi) is 4.25. The first-order chi connectivity index (χ1) is 10.4. The van der Waals surface area contributed by atoms with E-state index in [1.165, 1.54) is 15.9 Å². The molecule has 0 fully saturated rings. The van der Waals surface area contributed by atoms with Crippen molar-refractivity contribution in [1.82, 2.24) is 0 Å². The summed E-state index contributed by atoms with van der Waals surface area (Å²) in [5.41, 5.74) is 0. The summed E-state index contributed by atoms with van der Waals surface area (Å²) < 4.78 is 12.4. The molecule has 0 atom stereocenters. The molecule has 104 valence electrons. The Morgan fingerprint density at radius 1 is 0.524 bits per heavy atom. The molecule has 3 rings (SSSR count). The molecule has 0 amide bonds. The number of rotatable bonds is 4. The molecule has 1 nitrogen and oxygen atoms in total. The van der Waals surface area contributed by atoms with E-state index in [4.69, 9.17) is 0 Å². The number of hydrogen-bond acceptors (Lipinski definition) is 1. The van der Waals surface area contributed by atoms with Crippen LogP contribution in [-0.4, -0.2) is 0 Å². The molecule has 0 heterocycles. The molecule has 0 unspecified atom stereocenters. The van der Waals surface area contributed by atoms with Crippen molar-refractivity contribution in [2.24, 2.45) is 0 Å². The first-order valence-corrected chi connectivity index (χ1v) is 10.5. The standard InChI is InChI=1S/C18H16OP2/c19-20-21(16-10-4-1-5-11-16,17-12-6-2-7-13-17)18-14-8-3-9-15-18/h1-15,21H. The second-order valence-corrected chi connectivity index (χ2v) is 10.8. The van der Waals surface area contributed by atoms with Crippen LogP contribution in [-0.2, 0) is 4.57 Å². The molecule has 0 saturated carbocycles. The summed E-state index contributed by atoms with van der Waals surface area (Å²) in [5.74, 6) is 0. The third-order valence-corrected chi connectivity index (χ3v) is 10.6. The van der Waals surface area contributed by atoms with Gasteiger partial charge in [0.05, 0.1) is 0 Å². The molecule has 3 aromatic carbocycles. The van der Waals surface area contributed by atoms with Crippen LogP contribution in [0, 0.1) is 0 Å². The van der Waals surface area contributed by atoms with Crippen molar-refractivity contribution in [3.05, 3.63) is 91.0 Å². The maximum atomic E-state index is 12.4. The topological polar surface area (TPSA) is 17.1 Å². The predicted molar refractivity (Wildman–Crippen MR) is 94.1 cm³/mol. The van der Waals surface area contributed by atoms with Crippen molar-refractivity contribution in [3.8, 4) is 0 Å². The molecular weight excluding hydrogens is 294 g/mol. The molecule has 0 aliphatic carbocycles. The Morgan fingerprint density at radius 2 is 0.810 bits per heavy atom. The fourth-order valence-corrected chi connectivity index (χ4v) is 8.33. The molecular formula is C18H16OP2. The monoisotopic (exact) mass is 310 g/mol. The third kappa shape index (κ3) is 2.56. The van der Waals surface area contributed by atoms with E-state index < -0.39 is 6.95 Å². The zero-order valence-corrected chi connectivity index (χ0v) is 13.4. The minimum absolute atomic E-state index is 0.203. The van der Waals surface area contributed by atoms with Gasteiger partial charge in [-0.1, -0.05) is 0 Å². The van der Waals surface area contributed by atoms with Crippen LogP contribution in [0.5, 0.6) is 0 Å². The zero-order valence-electron chi connectivity index (χ0n) is 11.5. The quantitative estimate of drug-likeness (QED) is 0.668. The average Bonchev–Trinajstić information content (AvgIpc) is 2.59. The fraction of sp³-hybridized carbons (Fsp3) is 0. The minimum atomic E-state index is -2.48. The van der Waals surface area contributed by atoms with Crippen molar-refractivity contribution in [2.45, 2.75) is 0 Å². The van der Waals surface area contributed by atoms with Gasteiger partial charge in [0.2, 0.25) is 0 Å². The third-order valence-electron chi connectivity index (χ3n) is 3.71. The van der Waals surface area contributed by atoms with Gasteiger partial charge in [-0.3, -0.25) is 0 Å². The molecule has 0 radical (unpaired) electrons. The summed E-state index contributed by atoms with van der Waals surface area (Å²) in [6.07, 6.45) is 0. The Morgan fingerprint density at radius 3 is 1.05 bits per heavy atom. The summed E-state index contributed by atoms with van der Waals surface area (Å²) in [6.45, 7) is -2.48. The summed E-state index contributed by atoms with van der Waals surface area (Å²) in [5, 5.41) is 3.50. The Labute approximate surface area is 127 Å². The van der Waals surface area contributed by atoms with Gasteiger partial charge in [0, 0.05) is 0 Å². The Balaban J connectivity index is 2.31. The van der Waals surface area contributed by atoms with E-state index in [1.54, 1.807) is 0 Å². The van der Waals surface area contributed by atoms with E-state index in [9.17, 15) is 4.57 Å². The van der Waals surface area contributed by atoms with Crippen molar-refractivity contribution >= 4 is 31.0 Å². The molecule has 3 aromatic rings. The van der Waals surface area contributed by atoms with Crippen LogP contribution in [0.3, 0.4) is 0 Å². The summed E-state index contributed by atoms with van der Waals surface area (Å²) in [4.78, 5) is 0. The van der Waals surface area contributed by atoms with Gasteiger partial charge in [0.1, 0.15) is 0 Å². The van der Waals surface area contributed by atoms with E-state index in [1.807, 2.05) is 54.6 Å². The van der Waals surface area contributed by atoms with Crippen molar-refractivity contribution in [3.63, 3.8) is 0 Å². The first kappa shape index (κ1) is 14.1. The van der Waals surface area contributed by atoms with Gasteiger partial charge in [0.25, 0.3) is 0 Å². The van der Waals surface area contributed by atoms with Gasteiger partial charge in [0.15, 0.2) is 0 Å². The Bertz CT molecular complexity index is 615. The van der Waals surface area contributed by atoms with E-state index in [-0.39, 0.29) is 8.15 Å². The Hall–Kier alpha value is -1.81. The first-order valence-electron chi connectivity index (χ1n) is 6.89. The van der Waals surface area contributed by atoms with Crippen molar-refractivity contribution < 1.29 is 4.57 Å². The van der Waals surface area contributed by atoms with Gasteiger partial charge in [-0.15, -0.1) is 0 Å². The fourth-order valence-electron chi connectivity index (χ4n) is 2.70.